The molecule has 0 bridgehead atoms. The van der Waals surface area contributed by atoms with Crippen LogP contribution in [0.4, 0.5) is 32.2 Å². The molecule has 1 heterocycles. The van der Waals surface area contributed by atoms with Crippen molar-refractivity contribution < 1.29 is 46.1 Å². The maximum absolute atomic E-state index is 12.2. The van der Waals surface area contributed by atoms with Gasteiger partial charge in [0.1, 0.15) is 17.9 Å². The third-order valence-corrected chi connectivity index (χ3v) is 3.95. The highest BCUT2D eigenvalue weighted by Gasteiger charge is 2.38. The number of anilines is 1. The molecule has 2 aromatic carbocycles. The number of hydrogen-bond acceptors (Lipinski definition) is 6. The minimum Gasteiger partial charge on any atom is -0.475 e. The molecule has 0 amide bonds. The maximum Gasteiger partial charge on any atom is 0.573 e. The SMILES string of the molecule is O=C(O)C(F)(F)F.OC(CNc1cc(-c2ccc(OC(F)(F)F)cc2)ncn1)c1ccccc1. The Balaban J connectivity index is 0.000000509. The van der Waals surface area contributed by atoms with Crippen molar-refractivity contribution in [2.24, 2.45) is 0 Å². The first-order valence-corrected chi connectivity index (χ1v) is 9.30. The van der Waals surface area contributed by atoms with Gasteiger partial charge in [-0.15, -0.1) is 13.2 Å². The van der Waals surface area contributed by atoms with Crippen LogP contribution < -0.4 is 10.1 Å². The normalized spacial score (nSPS) is 12.2. The molecule has 0 saturated heterocycles. The van der Waals surface area contributed by atoms with Gasteiger partial charge in [-0.2, -0.15) is 13.2 Å². The third kappa shape index (κ3) is 8.94. The van der Waals surface area contributed by atoms with Gasteiger partial charge < -0.3 is 20.3 Å². The Bertz CT molecular complexity index is 1060. The van der Waals surface area contributed by atoms with Crippen molar-refractivity contribution >= 4 is 11.8 Å². The number of aliphatic hydroxyl groups is 1. The number of halogens is 6. The third-order valence-electron chi connectivity index (χ3n) is 3.95. The highest BCUT2D eigenvalue weighted by Crippen LogP contribution is 2.26. The molecule has 0 aliphatic rings. The summed E-state index contributed by atoms with van der Waals surface area (Å²) in [6.07, 6.45) is -9.18. The van der Waals surface area contributed by atoms with Crippen LogP contribution in [0, 0.1) is 0 Å². The lowest BCUT2D eigenvalue weighted by molar-refractivity contribution is -0.274. The highest BCUT2D eigenvalue weighted by molar-refractivity contribution is 5.73. The zero-order valence-corrected chi connectivity index (χ0v) is 17.0. The van der Waals surface area contributed by atoms with Gasteiger partial charge in [0, 0.05) is 18.2 Å². The number of carboxylic acid groups (broad SMARTS) is 1. The standard InChI is InChI=1S/C19H16F3N3O2.C2HF3O2/c20-19(21,22)27-15-8-6-13(7-9-15)16-10-18(25-12-24-16)23-11-17(26)14-4-2-1-3-5-14;3-2(4,5)1(6)7/h1-10,12,17,26H,11H2,(H,23,24,25);(H,6,7). The molecule has 1 unspecified atom stereocenters. The first kappa shape index (κ1) is 26.4. The molecule has 0 radical (unpaired) electrons. The Hall–Kier alpha value is -3.87. The van der Waals surface area contributed by atoms with Crippen molar-refractivity contribution in [3.63, 3.8) is 0 Å². The zero-order valence-electron chi connectivity index (χ0n) is 17.0. The summed E-state index contributed by atoms with van der Waals surface area (Å²) in [5.41, 5.74) is 1.92. The number of rotatable bonds is 6. The van der Waals surface area contributed by atoms with Crippen LogP contribution >= 0.6 is 0 Å². The van der Waals surface area contributed by atoms with Crippen LogP contribution in [0.25, 0.3) is 11.3 Å². The van der Waals surface area contributed by atoms with Gasteiger partial charge in [0.15, 0.2) is 0 Å². The number of carboxylic acids is 1. The lowest BCUT2D eigenvalue weighted by atomic mass is 10.1. The molecule has 7 nitrogen and oxygen atoms in total. The van der Waals surface area contributed by atoms with Crippen LogP contribution in [0.5, 0.6) is 5.75 Å². The summed E-state index contributed by atoms with van der Waals surface area (Å²) < 4.78 is 72.2. The predicted molar refractivity (Wildman–Crippen MR) is 108 cm³/mol. The molecule has 13 heteroatoms. The largest absolute Gasteiger partial charge is 0.573 e. The summed E-state index contributed by atoms with van der Waals surface area (Å²) in [5.74, 6) is -2.57. The van der Waals surface area contributed by atoms with Crippen molar-refractivity contribution in [3.05, 3.63) is 72.6 Å². The first-order valence-electron chi connectivity index (χ1n) is 9.30. The van der Waals surface area contributed by atoms with E-state index < -0.39 is 24.6 Å². The van der Waals surface area contributed by atoms with E-state index in [4.69, 9.17) is 9.90 Å². The molecule has 34 heavy (non-hydrogen) atoms. The minimum atomic E-state index is -5.08. The lowest BCUT2D eigenvalue weighted by Crippen LogP contribution is -2.21. The second kappa shape index (κ2) is 11.3. The van der Waals surface area contributed by atoms with Crippen molar-refractivity contribution in [2.45, 2.75) is 18.6 Å². The monoisotopic (exact) mass is 489 g/mol. The van der Waals surface area contributed by atoms with Crippen molar-refractivity contribution in [1.82, 2.24) is 9.97 Å². The van der Waals surface area contributed by atoms with Gasteiger partial charge in [0.2, 0.25) is 0 Å². The number of hydrogen-bond donors (Lipinski definition) is 3. The number of nitrogens with zero attached hydrogens (tertiary/aromatic N) is 2. The fourth-order valence-electron chi connectivity index (χ4n) is 2.43. The Labute approximate surface area is 188 Å². The molecule has 0 aliphatic heterocycles. The second-order valence-corrected chi connectivity index (χ2v) is 6.47. The van der Waals surface area contributed by atoms with Gasteiger partial charge in [-0.1, -0.05) is 30.3 Å². The molecule has 182 valence electrons. The number of alkyl halides is 6. The molecular formula is C21H17F6N3O4. The number of nitrogens with one attached hydrogen (secondary N) is 1. The molecule has 0 aliphatic carbocycles. The first-order chi connectivity index (χ1) is 15.8. The summed E-state index contributed by atoms with van der Waals surface area (Å²) in [6, 6.07) is 16.2. The van der Waals surface area contributed by atoms with E-state index in [-0.39, 0.29) is 12.3 Å². The molecule has 1 atom stereocenters. The number of benzene rings is 2. The molecule has 3 aromatic rings. The second-order valence-electron chi connectivity index (χ2n) is 6.47. The van der Waals surface area contributed by atoms with Crippen molar-refractivity contribution in [3.8, 4) is 17.0 Å². The number of carbonyl (C=O) groups is 1. The van der Waals surface area contributed by atoms with E-state index >= 15 is 0 Å². The van der Waals surface area contributed by atoms with Crippen LogP contribution in [0.1, 0.15) is 11.7 Å². The smallest absolute Gasteiger partial charge is 0.475 e. The van der Waals surface area contributed by atoms with Crippen molar-refractivity contribution in [2.75, 3.05) is 11.9 Å². The molecule has 0 saturated carbocycles. The topological polar surface area (TPSA) is 105 Å². The fourth-order valence-corrected chi connectivity index (χ4v) is 2.43. The molecule has 0 spiro atoms. The summed E-state index contributed by atoms with van der Waals surface area (Å²) in [4.78, 5) is 17.1. The average Bonchev–Trinajstić information content (AvgIpc) is 2.77. The van der Waals surface area contributed by atoms with Crippen LogP contribution in [0.3, 0.4) is 0 Å². The minimum absolute atomic E-state index is 0.249. The number of aliphatic carboxylic acids is 1. The van der Waals surface area contributed by atoms with Crippen LogP contribution in [0.2, 0.25) is 0 Å². The predicted octanol–water partition coefficient (Wildman–Crippen LogP) is 4.82. The fraction of sp³-hybridized carbons (Fsp3) is 0.190. The van der Waals surface area contributed by atoms with Crippen molar-refractivity contribution in [1.29, 1.82) is 0 Å². The van der Waals surface area contributed by atoms with Gasteiger partial charge in [-0.05, 0) is 29.8 Å². The molecule has 3 rings (SSSR count). The summed E-state index contributed by atoms with van der Waals surface area (Å²) in [7, 11) is 0. The van der Waals surface area contributed by atoms with Gasteiger partial charge in [-0.25, -0.2) is 14.8 Å². The Morgan fingerprint density at radius 1 is 0.971 bits per heavy atom. The van der Waals surface area contributed by atoms with E-state index in [9.17, 15) is 31.4 Å². The summed E-state index contributed by atoms with van der Waals surface area (Å²) in [5, 5.41) is 20.3. The van der Waals surface area contributed by atoms with Crippen LogP contribution in [-0.4, -0.2) is 45.2 Å². The van der Waals surface area contributed by atoms with E-state index in [1.165, 1.54) is 30.6 Å². The van der Waals surface area contributed by atoms with E-state index in [1.807, 2.05) is 30.3 Å². The molecule has 3 N–H and O–H groups in total. The zero-order chi connectivity index (χ0) is 25.4. The van der Waals surface area contributed by atoms with Crippen LogP contribution in [-0.2, 0) is 4.79 Å². The maximum atomic E-state index is 12.2. The van der Waals surface area contributed by atoms with Gasteiger partial charge in [0.25, 0.3) is 0 Å². The Morgan fingerprint density at radius 3 is 2.09 bits per heavy atom. The van der Waals surface area contributed by atoms with Gasteiger partial charge in [0.05, 0.1) is 11.8 Å². The average molecular weight is 489 g/mol. The van der Waals surface area contributed by atoms with Gasteiger partial charge >= 0.3 is 18.5 Å². The van der Waals surface area contributed by atoms with E-state index in [1.54, 1.807) is 6.07 Å². The number of aliphatic hydroxyl groups excluding tert-OH is 1. The quantitative estimate of drug-likeness (QED) is 0.427. The highest BCUT2D eigenvalue weighted by atomic mass is 19.4. The van der Waals surface area contributed by atoms with E-state index in [2.05, 4.69) is 20.0 Å². The molecule has 0 fully saturated rings. The summed E-state index contributed by atoms with van der Waals surface area (Å²) >= 11 is 0. The van der Waals surface area contributed by atoms with E-state index in [0.29, 0.717) is 17.1 Å². The van der Waals surface area contributed by atoms with E-state index in [0.717, 1.165) is 5.56 Å². The van der Waals surface area contributed by atoms with Gasteiger partial charge in [-0.3, -0.25) is 0 Å². The molecular weight excluding hydrogens is 472 g/mol. The Morgan fingerprint density at radius 2 is 1.56 bits per heavy atom. The molecule has 1 aromatic heterocycles. The number of aromatic nitrogens is 2. The lowest BCUT2D eigenvalue weighted by Gasteiger charge is -2.13. The van der Waals surface area contributed by atoms with Crippen LogP contribution in [0.15, 0.2) is 67.0 Å². The number of ether oxygens (including phenoxy) is 1. The Kier molecular flexibility index (Phi) is 8.78. The summed E-state index contributed by atoms with van der Waals surface area (Å²) in [6.45, 7) is 0.249.